The molecule has 1 aromatic carbocycles. The summed E-state index contributed by atoms with van der Waals surface area (Å²) in [5.41, 5.74) is 2.00. The maximum atomic E-state index is 13.5. The zero-order valence-electron chi connectivity index (χ0n) is 17.0. The smallest absolute Gasteiger partial charge is 0.354 e. The van der Waals surface area contributed by atoms with Crippen LogP contribution in [-0.4, -0.2) is 46.8 Å². The maximum absolute atomic E-state index is 13.5. The Morgan fingerprint density at radius 1 is 1.25 bits per heavy atom. The zero-order chi connectivity index (χ0) is 21.2. The molecule has 0 radical (unpaired) electrons. The van der Waals surface area contributed by atoms with E-state index in [4.69, 9.17) is 4.74 Å². The molecule has 0 unspecified atom stereocenters. The highest BCUT2D eigenvalue weighted by Gasteiger charge is 2.32. The van der Waals surface area contributed by atoms with Gasteiger partial charge in [0.1, 0.15) is 11.5 Å². The number of esters is 1. The molecule has 0 spiro atoms. The standard InChI is InChI=1S/C21H25FN2O4/c1-7-24(20(26)15-9-8-10-16(22)11-15)14(4)19(25)17-12(2)18(21(27)28-6)23(5)13(17)3/h8-11,14H,7H2,1-6H3/t14-/m1/s1. The number of carbonyl (C=O) groups excluding carboxylic acids is 3. The fraction of sp³-hybridized carbons (Fsp3) is 0.381. The van der Waals surface area contributed by atoms with Crippen LogP contribution < -0.4 is 0 Å². The van der Waals surface area contributed by atoms with Crippen LogP contribution >= 0.6 is 0 Å². The van der Waals surface area contributed by atoms with Crippen molar-refractivity contribution in [1.29, 1.82) is 0 Å². The molecule has 28 heavy (non-hydrogen) atoms. The van der Waals surface area contributed by atoms with Crippen molar-refractivity contribution in [2.45, 2.75) is 33.7 Å². The Balaban J connectivity index is 2.43. The van der Waals surface area contributed by atoms with Crippen LogP contribution in [0.3, 0.4) is 0 Å². The van der Waals surface area contributed by atoms with E-state index in [2.05, 4.69) is 0 Å². The van der Waals surface area contributed by atoms with Crippen molar-refractivity contribution < 1.29 is 23.5 Å². The largest absolute Gasteiger partial charge is 0.464 e. The molecule has 1 amide bonds. The number of likely N-dealkylation sites (N-methyl/N-ethyl adjacent to an activating group) is 1. The summed E-state index contributed by atoms with van der Waals surface area (Å²) in [7, 11) is 2.97. The lowest BCUT2D eigenvalue weighted by molar-refractivity contribution is 0.0588. The summed E-state index contributed by atoms with van der Waals surface area (Å²) in [5, 5.41) is 0. The van der Waals surface area contributed by atoms with Crippen molar-refractivity contribution in [3.8, 4) is 0 Å². The third-order valence-electron chi connectivity index (χ3n) is 5.08. The second kappa shape index (κ2) is 8.37. The second-order valence-corrected chi connectivity index (χ2v) is 6.63. The quantitative estimate of drug-likeness (QED) is 0.562. The van der Waals surface area contributed by atoms with Crippen LogP contribution in [0.25, 0.3) is 0 Å². The molecule has 0 N–H and O–H groups in total. The summed E-state index contributed by atoms with van der Waals surface area (Å²) in [6, 6.07) is 4.59. The molecule has 7 heteroatoms. The van der Waals surface area contributed by atoms with Crippen molar-refractivity contribution in [3.63, 3.8) is 0 Å². The van der Waals surface area contributed by atoms with E-state index < -0.39 is 23.7 Å². The molecule has 6 nitrogen and oxygen atoms in total. The minimum absolute atomic E-state index is 0.179. The van der Waals surface area contributed by atoms with E-state index in [0.717, 1.165) is 6.07 Å². The van der Waals surface area contributed by atoms with Gasteiger partial charge in [0.2, 0.25) is 0 Å². The summed E-state index contributed by atoms with van der Waals surface area (Å²) < 4.78 is 19.9. The molecular weight excluding hydrogens is 363 g/mol. The molecule has 0 aliphatic heterocycles. The van der Waals surface area contributed by atoms with Crippen molar-refractivity contribution in [3.05, 3.63) is 58.2 Å². The fourth-order valence-electron chi connectivity index (χ4n) is 3.46. The number of ketones is 1. The Bertz CT molecular complexity index is 933. The third-order valence-corrected chi connectivity index (χ3v) is 5.08. The number of carbonyl (C=O) groups is 3. The molecular formula is C21H25FN2O4. The molecule has 0 fully saturated rings. The van der Waals surface area contributed by atoms with Crippen LogP contribution in [0.5, 0.6) is 0 Å². The number of benzene rings is 1. The summed E-state index contributed by atoms with van der Waals surface area (Å²) in [6.07, 6.45) is 0. The van der Waals surface area contributed by atoms with E-state index in [1.54, 1.807) is 39.3 Å². The Morgan fingerprint density at radius 2 is 1.89 bits per heavy atom. The minimum Gasteiger partial charge on any atom is -0.464 e. The van der Waals surface area contributed by atoms with Gasteiger partial charge in [-0.2, -0.15) is 0 Å². The number of rotatable bonds is 6. The Morgan fingerprint density at radius 3 is 2.43 bits per heavy atom. The van der Waals surface area contributed by atoms with Gasteiger partial charge in [0.05, 0.1) is 13.2 Å². The number of hydrogen-bond acceptors (Lipinski definition) is 4. The van der Waals surface area contributed by atoms with Gasteiger partial charge in [-0.3, -0.25) is 9.59 Å². The van der Waals surface area contributed by atoms with Crippen molar-refractivity contribution in [1.82, 2.24) is 9.47 Å². The molecule has 1 atom stereocenters. The number of ether oxygens (including phenoxy) is 1. The molecule has 150 valence electrons. The van der Waals surface area contributed by atoms with Gasteiger partial charge in [0.25, 0.3) is 5.91 Å². The highest BCUT2D eigenvalue weighted by Crippen LogP contribution is 2.25. The van der Waals surface area contributed by atoms with E-state index in [0.29, 0.717) is 22.5 Å². The third kappa shape index (κ3) is 3.69. The summed E-state index contributed by atoms with van der Waals surface area (Å²) in [4.78, 5) is 39.5. The van der Waals surface area contributed by atoms with Crippen molar-refractivity contribution >= 4 is 17.7 Å². The van der Waals surface area contributed by atoms with Gasteiger partial charge >= 0.3 is 5.97 Å². The molecule has 0 aliphatic rings. The monoisotopic (exact) mass is 388 g/mol. The number of hydrogen-bond donors (Lipinski definition) is 0. The first-order valence-electron chi connectivity index (χ1n) is 9.00. The predicted molar refractivity (Wildman–Crippen MR) is 103 cm³/mol. The van der Waals surface area contributed by atoms with E-state index in [-0.39, 0.29) is 17.9 Å². The van der Waals surface area contributed by atoms with Gasteiger partial charge in [0, 0.05) is 30.4 Å². The molecule has 0 aliphatic carbocycles. The van der Waals surface area contributed by atoms with Gasteiger partial charge in [-0.25, -0.2) is 9.18 Å². The van der Waals surface area contributed by atoms with E-state index >= 15 is 0 Å². The van der Waals surface area contributed by atoms with Crippen molar-refractivity contribution in [2.24, 2.45) is 7.05 Å². The molecule has 0 bridgehead atoms. The number of aromatic nitrogens is 1. The van der Waals surface area contributed by atoms with Crippen LogP contribution in [0.4, 0.5) is 4.39 Å². The number of amides is 1. The van der Waals surface area contributed by atoms with Crippen LogP contribution in [0.1, 0.15) is 56.3 Å². The van der Waals surface area contributed by atoms with E-state index in [1.807, 2.05) is 0 Å². The van der Waals surface area contributed by atoms with Gasteiger partial charge in [-0.1, -0.05) is 6.07 Å². The van der Waals surface area contributed by atoms with Crippen molar-refractivity contribution in [2.75, 3.05) is 13.7 Å². The van der Waals surface area contributed by atoms with E-state index in [9.17, 15) is 18.8 Å². The fourth-order valence-corrected chi connectivity index (χ4v) is 3.46. The SMILES string of the molecule is CCN(C(=O)c1cccc(F)c1)[C@H](C)C(=O)c1c(C)c(C(=O)OC)n(C)c1C. The Labute approximate surface area is 163 Å². The average Bonchev–Trinajstić information content (AvgIpc) is 2.89. The van der Waals surface area contributed by atoms with E-state index in [1.165, 1.54) is 30.2 Å². The highest BCUT2D eigenvalue weighted by molar-refractivity contribution is 6.07. The first-order valence-corrected chi connectivity index (χ1v) is 9.00. The number of Topliss-reactive ketones (excluding diaryl/α,β-unsaturated/α-hetero) is 1. The summed E-state index contributed by atoms with van der Waals surface area (Å²) in [6.45, 7) is 7.09. The van der Waals surface area contributed by atoms with Crippen LogP contribution in [-0.2, 0) is 11.8 Å². The van der Waals surface area contributed by atoms with Gasteiger partial charge < -0.3 is 14.2 Å². The van der Waals surface area contributed by atoms with Crippen LogP contribution in [0, 0.1) is 19.7 Å². The molecule has 2 rings (SSSR count). The Hall–Kier alpha value is -2.96. The summed E-state index contributed by atoms with van der Waals surface area (Å²) in [5.74, 6) is -1.76. The molecule has 0 saturated carbocycles. The lowest BCUT2D eigenvalue weighted by Gasteiger charge is -2.27. The zero-order valence-corrected chi connectivity index (χ0v) is 17.0. The minimum atomic E-state index is -0.786. The predicted octanol–water partition coefficient (Wildman–Crippen LogP) is 3.30. The molecule has 0 saturated heterocycles. The van der Waals surface area contributed by atoms with Gasteiger partial charge in [0.15, 0.2) is 5.78 Å². The normalized spacial score (nSPS) is 11.8. The molecule has 1 aromatic heterocycles. The highest BCUT2D eigenvalue weighted by atomic mass is 19.1. The number of nitrogens with zero attached hydrogens (tertiary/aromatic N) is 2. The van der Waals surface area contributed by atoms with Crippen LogP contribution in [0.2, 0.25) is 0 Å². The lowest BCUT2D eigenvalue weighted by atomic mass is 9.99. The number of halogens is 1. The first kappa shape index (κ1) is 21.3. The average molecular weight is 388 g/mol. The molecule has 1 heterocycles. The second-order valence-electron chi connectivity index (χ2n) is 6.63. The molecule has 2 aromatic rings. The topological polar surface area (TPSA) is 68.6 Å². The van der Waals surface area contributed by atoms with Gasteiger partial charge in [-0.05, 0) is 51.5 Å². The maximum Gasteiger partial charge on any atom is 0.354 e. The Kier molecular flexibility index (Phi) is 6.38. The first-order chi connectivity index (χ1) is 13.1. The number of methoxy groups -OCH3 is 1. The lowest BCUT2D eigenvalue weighted by Crippen LogP contribution is -2.43. The summed E-state index contributed by atoms with van der Waals surface area (Å²) >= 11 is 0. The van der Waals surface area contributed by atoms with Gasteiger partial charge in [-0.15, -0.1) is 0 Å². The van der Waals surface area contributed by atoms with Crippen LogP contribution in [0.15, 0.2) is 24.3 Å².